The van der Waals surface area contributed by atoms with Crippen molar-refractivity contribution < 1.29 is 0 Å². The summed E-state index contributed by atoms with van der Waals surface area (Å²) in [5.41, 5.74) is 15.4. The van der Waals surface area contributed by atoms with Gasteiger partial charge in [-0.3, -0.25) is 0 Å². The maximum atomic E-state index is 5.14. The predicted octanol–water partition coefficient (Wildman–Crippen LogP) is -2.30. The van der Waals surface area contributed by atoms with E-state index < -0.39 is 0 Å². The summed E-state index contributed by atoms with van der Waals surface area (Å²) in [4.78, 5) is 10.5. The second kappa shape index (κ2) is 3.74. The molecule has 0 atom stereocenters. The molecule has 0 aliphatic carbocycles. The molecule has 6 N–H and O–H groups in total. The minimum absolute atomic E-state index is 0. The molecule has 0 saturated heterocycles. The number of rotatable bonds is 0. The van der Waals surface area contributed by atoms with E-state index in [4.69, 9.17) is 17.2 Å². The van der Waals surface area contributed by atoms with E-state index >= 15 is 0 Å². The van der Waals surface area contributed by atoms with Crippen molar-refractivity contribution in [1.82, 2.24) is 15.0 Å². The van der Waals surface area contributed by atoms with Gasteiger partial charge >= 0.3 is 37.7 Å². The van der Waals surface area contributed by atoms with Crippen molar-refractivity contribution in [2.24, 2.45) is 0 Å². The summed E-state index contributed by atoms with van der Waals surface area (Å²) in [5, 5.41) is 0. The van der Waals surface area contributed by atoms with Crippen LogP contribution in [0.25, 0.3) is 0 Å². The Hall–Kier alpha value is -0.330. The van der Waals surface area contributed by atoms with Crippen LogP contribution in [0, 0.1) is 0 Å². The maximum absolute atomic E-state index is 5.14. The van der Waals surface area contributed by atoms with Gasteiger partial charge in [-0.1, -0.05) is 0 Å². The van der Waals surface area contributed by atoms with E-state index in [9.17, 15) is 0 Å². The Labute approximate surface area is 87.2 Å². The van der Waals surface area contributed by atoms with Crippen molar-refractivity contribution >= 4 is 55.6 Å². The molecule has 0 spiro atoms. The fraction of sp³-hybridized carbons (Fsp3) is 0. The number of hydrogen-bond donors (Lipinski definition) is 3. The van der Waals surface area contributed by atoms with E-state index in [-0.39, 0.29) is 55.6 Å². The minimum atomic E-state index is 0. The van der Waals surface area contributed by atoms with Crippen LogP contribution in [0.3, 0.4) is 0 Å². The molecule has 1 aromatic heterocycles. The first kappa shape index (κ1) is 9.67. The average molecular weight is 168 g/mol. The first-order valence-corrected chi connectivity index (χ1v) is 2.21. The molecule has 0 aliphatic rings. The topological polar surface area (TPSA) is 117 Å². The number of nitrogen functional groups attached to an aromatic ring is 3. The summed E-state index contributed by atoms with van der Waals surface area (Å²) < 4.78 is 0. The van der Waals surface area contributed by atoms with Gasteiger partial charge in [-0.25, -0.2) is 0 Å². The number of hydrogen-bond acceptors (Lipinski definition) is 6. The Balaban J connectivity index is 0.000000810. The molecule has 0 amide bonds. The van der Waals surface area contributed by atoms with Gasteiger partial charge in [0.25, 0.3) is 0 Å². The summed E-state index contributed by atoms with van der Waals surface area (Å²) in [6, 6.07) is 0. The molecule has 52 valence electrons. The van der Waals surface area contributed by atoms with Crippen molar-refractivity contribution in [1.29, 1.82) is 0 Å². The van der Waals surface area contributed by atoms with Crippen LogP contribution >= 0.6 is 0 Å². The molecule has 10 heavy (non-hydrogen) atoms. The summed E-state index contributed by atoms with van der Waals surface area (Å²) in [7, 11) is 0. The quantitative estimate of drug-likeness (QED) is 0.375. The monoisotopic (exact) mass is 168 g/mol. The van der Waals surface area contributed by atoms with Crippen LogP contribution in [0.4, 0.5) is 17.8 Å². The molecule has 0 aromatic carbocycles. The van der Waals surface area contributed by atoms with Gasteiger partial charge in [0.05, 0.1) is 0 Å². The molecule has 7 heteroatoms. The Morgan fingerprint density at radius 2 is 0.900 bits per heavy atom. The Morgan fingerprint density at radius 3 is 1.10 bits per heavy atom. The van der Waals surface area contributed by atoms with Crippen LogP contribution in [0.5, 0.6) is 0 Å². The first-order chi connectivity index (χ1) is 4.18. The third kappa shape index (κ3) is 2.51. The molecular weight excluding hydrogens is 160 g/mol. The molecule has 0 radical (unpaired) electrons. The van der Waals surface area contributed by atoms with Crippen LogP contribution in [-0.2, 0) is 0 Å². The zero-order valence-electron chi connectivity index (χ0n) is 4.57. The van der Waals surface area contributed by atoms with Crippen LogP contribution in [0.15, 0.2) is 0 Å². The van der Waals surface area contributed by atoms with E-state index in [0.29, 0.717) is 0 Å². The second-order valence-corrected chi connectivity index (χ2v) is 1.41. The molecule has 0 unspecified atom stereocenters. The van der Waals surface area contributed by atoms with Gasteiger partial charge in [-0.15, -0.1) is 0 Å². The van der Waals surface area contributed by atoms with Crippen molar-refractivity contribution in [2.45, 2.75) is 0 Å². The van der Waals surface area contributed by atoms with E-state index in [1.165, 1.54) is 0 Å². The molecule has 0 saturated carbocycles. The van der Waals surface area contributed by atoms with Gasteiger partial charge in [0.1, 0.15) is 0 Å². The van der Waals surface area contributed by atoms with Crippen molar-refractivity contribution in [3.8, 4) is 0 Å². The fourth-order valence-electron chi connectivity index (χ4n) is 0.427. The number of nitrogens with zero attached hydrogens (tertiary/aromatic N) is 3. The summed E-state index contributed by atoms with van der Waals surface area (Å²) in [6.07, 6.45) is 0. The zero-order valence-corrected chi connectivity index (χ0v) is 4.57. The molecule has 1 aromatic rings. The Morgan fingerprint density at radius 1 is 0.700 bits per heavy atom. The molecule has 0 aliphatic heterocycles. The van der Waals surface area contributed by atoms with E-state index in [1.807, 2.05) is 0 Å². The summed E-state index contributed by atoms with van der Waals surface area (Å²) in [5.74, 6) is 0.125. The molecule has 1 heterocycles. The third-order valence-corrected chi connectivity index (χ3v) is 0.687. The van der Waals surface area contributed by atoms with E-state index in [0.717, 1.165) is 0 Å². The van der Waals surface area contributed by atoms with Crippen molar-refractivity contribution in [2.75, 3.05) is 17.2 Å². The summed E-state index contributed by atoms with van der Waals surface area (Å²) >= 11 is 0. The van der Waals surface area contributed by atoms with Crippen LogP contribution < -0.4 is 17.2 Å². The third-order valence-electron chi connectivity index (χ3n) is 0.687. The van der Waals surface area contributed by atoms with Crippen LogP contribution in [0.1, 0.15) is 0 Å². The van der Waals surface area contributed by atoms with E-state index in [2.05, 4.69) is 15.0 Å². The SMILES string of the molecule is Nc1nc(N)nc(N)n1.[CaH2]. The molecule has 6 nitrogen and oxygen atoms in total. The Kier molecular flexibility index (Phi) is 3.62. The average Bonchev–Trinajstić information content (AvgIpc) is 1.59. The van der Waals surface area contributed by atoms with E-state index in [1.54, 1.807) is 0 Å². The van der Waals surface area contributed by atoms with Gasteiger partial charge in [-0.05, 0) is 0 Å². The molecule has 0 fully saturated rings. The predicted molar refractivity (Wildman–Crippen MR) is 41.6 cm³/mol. The van der Waals surface area contributed by atoms with Gasteiger partial charge in [0, 0.05) is 0 Å². The standard InChI is InChI=1S/C3H6N6.Ca.2H/c4-1-7-2(5)9-3(6)8-1;;;/h(H6,4,5,6,7,8,9);;;. The van der Waals surface area contributed by atoms with Crippen molar-refractivity contribution in [3.05, 3.63) is 0 Å². The molecule has 1 rings (SSSR count). The van der Waals surface area contributed by atoms with Crippen LogP contribution in [0.2, 0.25) is 0 Å². The van der Waals surface area contributed by atoms with Gasteiger partial charge in [0.15, 0.2) is 0 Å². The normalized spacial score (nSPS) is 8.40. The first-order valence-electron chi connectivity index (χ1n) is 2.21. The number of nitrogens with two attached hydrogens (primary N) is 3. The molecule has 0 bridgehead atoms. The summed E-state index contributed by atoms with van der Waals surface area (Å²) in [6.45, 7) is 0. The van der Waals surface area contributed by atoms with Gasteiger partial charge in [0.2, 0.25) is 17.8 Å². The fourth-order valence-corrected chi connectivity index (χ4v) is 0.427. The van der Waals surface area contributed by atoms with Gasteiger partial charge in [-0.2, -0.15) is 15.0 Å². The number of aromatic nitrogens is 3. The number of anilines is 3. The Bertz CT molecular complexity index is 174. The molecular formula is C3H8CaN6. The second-order valence-electron chi connectivity index (χ2n) is 1.41. The van der Waals surface area contributed by atoms with Gasteiger partial charge < -0.3 is 17.2 Å². The van der Waals surface area contributed by atoms with Crippen molar-refractivity contribution in [3.63, 3.8) is 0 Å². The van der Waals surface area contributed by atoms with Crippen LogP contribution in [-0.4, -0.2) is 52.7 Å². The zero-order chi connectivity index (χ0) is 6.85.